The summed E-state index contributed by atoms with van der Waals surface area (Å²) in [5, 5.41) is -0.0492. The number of alkyl halides is 4. The van der Waals surface area contributed by atoms with Crippen molar-refractivity contribution in [2.45, 2.75) is 22.2 Å². The van der Waals surface area contributed by atoms with E-state index in [2.05, 4.69) is 15.9 Å². The molecule has 0 saturated heterocycles. The van der Waals surface area contributed by atoms with Crippen LogP contribution >= 0.6 is 39.3 Å². The maximum Gasteiger partial charge on any atom is 0.446 e. The maximum atomic E-state index is 12.2. The van der Waals surface area contributed by atoms with Crippen molar-refractivity contribution >= 4 is 45.1 Å². The van der Waals surface area contributed by atoms with Crippen LogP contribution in [-0.2, 0) is 4.79 Å². The minimum atomic E-state index is -4.40. The van der Waals surface area contributed by atoms with Crippen molar-refractivity contribution in [2.24, 2.45) is 0 Å². The molecule has 0 N–H and O–H groups in total. The number of rotatable bonds is 3. The Bertz CT molecular complexity index is 436. The number of carbonyl (C=O) groups excluding carboxylic acids is 1. The molecular weight excluding hydrogens is 341 g/mol. The molecule has 0 aromatic heterocycles. The van der Waals surface area contributed by atoms with Crippen molar-refractivity contribution in [1.29, 1.82) is 0 Å². The summed E-state index contributed by atoms with van der Waals surface area (Å²) in [6.45, 7) is 1.33. The lowest BCUT2D eigenvalue weighted by Gasteiger charge is -2.13. The predicted molar refractivity (Wildman–Crippen MR) is 65.7 cm³/mol. The van der Waals surface area contributed by atoms with E-state index in [1.165, 1.54) is 25.1 Å². The average molecular weight is 348 g/mol. The van der Waals surface area contributed by atoms with Gasteiger partial charge in [-0.3, -0.25) is 4.79 Å². The molecule has 0 spiro atoms. The van der Waals surface area contributed by atoms with Crippen LogP contribution in [0, 0.1) is 0 Å². The van der Waals surface area contributed by atoms with Crippen LogP contribution in [-0.4, -0.2) is 11.3 Å². The number of ketones is 1. The third-order valence-corrected chi connectivity index (χ3v) is 4.31. The summed E-state index contributed by atoms with van der Waals surface area (Å²) in [6, 6.07) is 4.22. The number of Topliss-reactive ketones (excluding diaryl/α,β-unsaturated/α-hetero) is 1. The Balaban J connectivity index is 3.12. The summed E-state index contributed by atoms with van der Waals surface area (Å²) in [4.78, 5) is 10.4. The van der Waals surface area contributed by atoms with Gasteiger partial charge < -0.3 is 0 Å². The fourth-order valence-corrected chi connectivity index (χ4v) is 2.61. The van der Waals surface area contributed by atoms with Gasteiger partial charge in [0.25, 0.3) is 0 Å². The van der Waals surface area contributed by atoms with E-state index in [4.69, 9.17) is 11.6 Å². The molecular formula is C10H7BrClF3OS. The van der Waals surface area contributed by atoms with E-state index in [1.807, 2.05) is 0 Å². The minimum Gasteiger partial charge on any atom is -0.298 e. The lowest BCUT2D eigenvalue weighted by atomic mass is 10.1. The van der Waals surface area contributed by atoms with Crippen LogP contribution in [0.25, 0.3) is 0 Å². The largest absolute Gasteiger partial charge is 0.446 e. The molecule has 0 amide bonds. The minimum absolute atomic E-state index is 0.0492. The molecule has 1 aromatic rings. The third-order valence-electron chi connectivity index (χ3n) is 1.85. The average Bonchev–Trinajstić information content (AvgIpc) is 2.18. The number of thioether (sulfide) groups is 1. The molecule has 0 radical (unpaired) electrons. The van der Waals surface area contributed by atoms with Crippen molar-refractivity contribution in [3.8, 4) is 0 Å². The molecule has 1 rings (SSSR count). The zero-order valence-electron chi connectivity index (χ0n) is 8.52. The second-order valence-corrected chi connectivity index (χ2v) is 5.58. The van der Waals surface area contributed by atoms with Crippen LogP contribution < -0.4 is 0 Å². The Labute approximate surface area is 114 Å². The van der Waals surface area contributed by atoms with E-state index in [0.29, 0.717) is 5.56 Å². The molecule has 0 heterocycles. The Morgan fingerprint density at radius 2 is 2.06 bits per heavy atom. The molecule has 0 aliphatic heterocycles. The SMILES string of the molecule is CC(=O)C(Br)c1cccc(SC(F)(F)F)c1Cl. The van der Waals surface area contributed by atoms with E-state index in [-0.39, 0.29) is 27.5 Å². The molecule has 1 aromatic carbocycles. The smallest absolute Gasteiger partial charge is 0.298 e. The van der Waals surface area contributed by atoms with E-state index in [1.54, 1.807) is 0 Å². The van der Waals surface area contributed by atoms with Crippen molar-refractivity contribution in [2.75, 3.05) is 0 Å². The molecule has 0 aliphatic carbocycles. The number of hydrogen-bond acceptors (Lipinski definition) is 2. The normalized spacial score (nSPS) is 13.5. The quantitative estimate of drug-likeness (QED) is 0.567. The van der Waals surface area contributed by atoms with E-state index >= 15 is 0 Å². The van der Waals surface area contributed by atoms with Crippen LogP contribution in [0.15, 0.2) is 23.1 Å². The number of benzene rings is 1. The van der Waals surface area contributed by atoms with Gasteiger partial charge in [0.05, 0.1) is 9.85 Å². The number of carbonyl (C=O) groups is 1. The van der Waals surface area contributed by atoms with Crippen LogP contribution in [0.1, 0.15) is 17.3 Å². The second-order valence-electron chi connectivity index (χ2n) is 3.18. The van der Waals surface area contributed by atoms with E-state index in [0.717, 1.165) is 0 Å². The standard InChI is InChI=1S/C10H7BrClF3OS/c1-5(16)8(11)6-3-2-4-7(9(6)12)17-10(13,14)15/h2-4,8H,1H3. The maximum absolute atomic E-state index is 12.2. The van der Waals surface area contributed by atoms with Gasteiger partial charge in [0.1, 0.15) is 5.78 Å². The molecule has 94 valence electrons. The van der Waals surface area contributed by atoms with Gasteiger partial charge in [-0.2, -0.15) is 13.2 Å². The van der Waals surface area contributed by atoms with Crippen molar-refractivity contribution < 1.29 is 18.0 Å². The highest BCUT2D eigenvalue weighted by molar-refractivity contribution is 9.09. The highest BCUT2D eigenvalue weighted by atomic mass is 79.9. The molecule has 1 nitrogen and oxygen atoms in total. The molecule has 0 fully saturated rings. The second kappa shape index (κ2) is 5.63. The molecule has 0 bridgehead atoms. The molecule has 1 atom stereocenters. The summed E-state index contributed by atoms with van der Waals surface area (Å²) in [5.74, 6) is -0.221. The van der Waals surface area contributed by atoms with Crippen LogP contribution in [0.5, 0.6) is 0 Å². The van der Waals surface area contributed by atoms with Crippen molar-refractivity contribution in [3.05, 3.63) is 28.8 Å². The van der Waals surface area contributed by atoms with E-state index < -0.39 is 10.3 Å². The first-order valence-electron chi connectivity index (χ1n) is 4.41. The topological polar surface area (TPSA) is 17.1 Å². The fourth-order valence-electron chi connectivity index (χ4n) is 1.15. The molecule has 17 heavy (non-hydrogen) atoms. The molecule has 0 aliphatic rings. The van der Waals surface area contributed by atoms with Gasteiger partial charge in [-0.25, -0.2) is 0 Å². The first-order chi connectivity index (χ1) is 7.72. The summed E-state index contributed by atoms with van der Waals surface area (Å²) in [5.41, 5.74) is -4.06. The zero-order chi connectivity index (χ0) is 13.2. The molecule has 0 saturated carbocycles. The Morgan fingerprint density at radius 1 is 1.47 bits per heavy atom. The van der Waals surface area contributed by atoms with Crippen LogP contribution in [0.3, 0.4) is 0 Å². The van der Waals surface area contributed by atoms with Gasteiger partial charge in [0.2, 0.25) is 0 Å². The van der Waals surface area contributed by atoms with Gasteiger partial charge >= 0.3 is 5.51 Å². The van der Waals surface area contributed by atoms with Gasteiger partial charge in [0, 0.05) is 4.90 Å². The Hall–Kier alpha value is -0.200. The summed E-state index contributed by atoms with van der Waals surface area (Å²) < 4.78 is 36.7. The summed E-state index contributed by atoms with van der Waals surface area (Å²) >= 11 is 8.65. The van der Waals surface area contributed by atoms with Crippen molar-refractivity contribution in [1.82, 2.24) is 0 Å². The monoisotopic (exact) mass is 346 g/mol. The van der Waals surface area contributed by atoms with Crippen LogP contribution in [0.4, 0.5) is 13.2 Å². The van der Waals surface area contributed by atoms with Crippen LogP contribution in [0.2, 0.25) is 5.02 Å². The summed E-state index contributed by atoms with van der Waals surface area (Å²) in [6.07, 6.45) is 0. The first kappa shape index (κ1) is 14.9. The molecule has 7 heteroatoms. The van der Waals surface area contributed by atoms with Gasteiger partial charge in [0.15, 0.2) is 0 Å². The third kappa shape index (κ3) is 4.19. The lowest BCUT2D eigenvalue weighted by Crippen LogP contribution is -2.04. The van der Waals surface area contributed by atoms with Gasteiger partial charge in [-0.1, -0.05) is 39.7 Å². The number of hydrogen-bond donors (Lipinski definition) is 0. The number of halogens is 5. The Kier molecular flexibility index (Phi) is 4.92. The summed E-state index contributed by atoms with van der Waals surface area (Å²) in [7, 11) is 0. The first-order valence-corrected chi connectivity index (χ1v) is 6.52. The van der Waals surface area contributed by atoms with Gasteiger partial charge in [-0.05, 0) is 30.3 Å². The lowest BCUT2D eigenvalue weighted by molar-refractivity contribution is -0.116. The molecule has 1 unspecified atom stereocenters. The van der Waals surface area contributed by atoms with Gasteiger partial charge in [-0.15, -0.1) is 0 Å². The highest BCUT2D eigenvalue weighted by Gasteiger charge is 2.31. The predicted octanol–water partition coefficient (Wildman–Crippen LogP) is 4.98. The Morgan fingerprint density at radius 3 is 2.53 bits per heavy atom. The zero-order valence-corrected chi connectivity index (χ0v) is 11.7. The van der Waals surface area contributed by atoms with Crippen molar-refractivity contribution in [3.63, 3.8) is 0 Å². The highest BCUT2D eigenvalue weighted by Crippen LogP contribution is 2.43. The fraction of sp³-hybridized carbons (Fsp3) is 0.300. The van der Waals surface area contributed by atoms with E-state index in [9.17, 15) is 18.0 Å².